The third kappa shape index (κ3) is 3.23. The van der Waals surface area contributed by atoms with Crippen molar-refractivity contribution in [2.24, 2.45) is 0 Å². The number of hydrogen-bond donors (Lipinski definition) is 2. The summed E-state index contributed by atoms with van der Waals surface area (Å²) in [6.45, 7) is 5.95. The van der Waals surface area contributed by atoms with E-state index >= 15 is 0 Å². The molecule has 0 spiro atoms. The zero-order valence-corrected chi connectivity index (χ0v) is 11.5. The van der Waals surface area contributed by atoms with Crippen molar-refractivity contribution in [1.82, 2.24) is 0 Å². The Morgan fingerprint density at radius 2 is 2.00 bits per heavy atom. The molecule has 100 valence electrons. The number of amides is 1. The minimum Gasteiger partial charge on any atom is -0.494 e. The lowest BCUT2D eigenvalue weighted by molar-refractivity contribution is -0.116. The number of methoxy groups -OCH3 is 1. The Balaban J connectivity index is 3.01. The van der Waals surface area contributed by atoms with Gasteiger partial charge in [-0.05, 0) is 43.9 Å². The molecule has 0 aliphatic rings. The quantitative estimate of drug-likeness (QED) is 0.844. The molecule has 0 aliphatic carbocycles. The van der Waals surface area contributed by atoms with Crippen LogP contribution < -0.4 is 10.1 Å². The third-order valence-electron chi connectivity index (χ3n) is 3.02. The molecular formula is C14H21NO3. The van der Waals surface area contributed by atoms with Crippen LogP contribution in [0.5, 0.6) is 5.75 Å². The lowest BCUT2D eigenvalue weighted by Gasteiger charge is -2.17. The van der Waals surface area contributed by atoms with E-state index in [0.717, 1.165) is 22.4 Å². The van der Waals surface area contributed by atoms with Crippen LogP contribution in [0.25, 0.3) is 0 Å². The molecule has 0 radical (unpaired) electrons. The second-order valence-electron chi connectivity index (χ2n) is 4.42. The van der Waals surface area contributed by atoms with Gasteiger partial charge in [-0.15, -0.1) is 0 Å². The number of carbonyl (C=O) groups is 1. The third-order valence-corrected chi connectivity index (χ3v) is 3.02. The van der Waals surface area contributed by atoms with Gasteiger partial charge in [0.25, 0.3) is 0 Å². The van der Waals surface area contributed by atoms with E-state index in [0.29, 0.717) is 18.6 Å². The Labute approximate surface area is 108 Å². The van der Waals surface area contributed by atoms with Crippen molar-refractivity contribution in [1.29, 1.82) is 0 Å². The van der Waals surface area contributed by atoms with Crippen LogP contribution in [0, 0.1) is 20.8 Å². The number of aryl methyl sites for hydroxylation is 2. The number of ether oxygens (including phenoxy) is 1. The molecule has 1 amide bonds. The van der Waals surface area contributed by atoms with Gasteiger partial charge in [0.15, 0.2) is 0 Å². The normalized spacial score (nSPS) is 10.3. The van der Waals surface area contributed by atoms with Crippen molar-refractivity contribution < 1.29 is 14.6 Å². The lowest BCUT2D eigenvalue weighted by Crippen LogP contribution is -2.14. The van der Waals surface area contributed by atoms with Gasteiger partial charge in [-0.3, -0.25) is 4.79 Å². The number of aliphatic hydroxyl groups is 1. The van der Waals surface area contributed by atoms with Crippen LogP contribution >= 0.6 is 0 Å². The first kappa shape index (κ1) is 14.5. The van der Waals surface area contributed by atoms with E-state index in [-0.39, 0.29) is 12.5 Å². The standard InChI is InChI=1S/C14H21NO3/c1-9-8-10(2)13(14(18-4)11(9)3)15-12(17)6-5-7-16/h8,16H,5-7H2,1-4H3,(H,15,17). The van der Waals surface area contributed by atoms with Crippen molar-refractivity contribution in [2.45, 2.75) is 33.6 Å². The Kier molecular flexibility index (Phi) is 5.16. The predicted octanol–water partition coefficient (Wildman–Crippen LogP) is 2.33. The summed E-state index contributed by atoms with van der Waals surface area (Å²) in [7, 11) is 1.60. The topological polar surface area (TPSA) is 58.6 Å². The molecule has 0 bridgehead atoms. The highest BCUT2D eigenvalue weighted by Crippen LogP contribution is 2.34. The van der Waals surface area contributed by atoms with Crippen LogP contribution in [0.2, 0.25) is 0 Å². The molecule has 1 rings (SSSR count). The van der Waals surface area contributed by atoms with Crippen LogP contribution in [-0.4, -0.2) is 24.7 Å². The Morgan fingerprint density at radius 3 is 2.56 bits per heavy atom. The fraction of sp³-hybridized carbons (Fsp3) is 0.500. The Morgan fingerprint density at radius 1 is 1.33 bits per heavy atom. The monoisotopic (exact) mass is 251 g/mol. The average Bonchev–Trinajstić information content (AvgIpc) is 2.34. The van der Waals surface area contributed by atoms with E-state index in [1.807, 2.05) is 26.8 Å². The van der Waals surface area contributed by atoms with Gasteiger partial charge < -0.3 is 15.2 Å². The second-order valence-corrected chi connectivity index (χ2v) is 4.42. The molecule has 0 fully saturated rings. The molecule has 1 aromatic rings. The molecule has 0 saturated carbocycles. The summed E-state index contributed by atoms with van der Waals surface area (Å²) in [4.78, 5) is 11.7. The zero-order chi connectivity index (χ0) is 13.7. The molecule has 18 heavy (non-hydrogen) atoms. The van der Waals surface area contributed by atoms with Gasteiger partial charge in [0, 0.05) is 13.0 Å². The summed E-state index contributed by atoms with van der Waals surface area (Å²) in [5.74, 6) is 0.610. The zero-order valence-electron chi connectivity index (χ0n) is 11.5. The van der Waals surface area contributed by atoms with E-state index in [9.17, 15) is 4.79 Å². The van der Waals surface area contributed by atoms with Crippen LogP contribution in [0.15, 0.2) is 6.07 Å². The highest BCUT2D eigenvalue weighted by Gasteiger charge is 2.14. The molecule has 0 saturated heterocycles. The molecule has 0 heterocycles. The van der Waals surface area contributed by atoms with Crippen molar-refractivity contribution in [2.75, 3.05) is 19.0 Å². The number of anilines is 1. The van der Waals surface area contributed by atoms with E-state index in [1.165, 1.54) is 0 Å². The van der Waals surface area contributed by atoms with Gasteiger partial charge in [0.2, 0.25) is 5.91 Å². The number of nitrogens with one attached hydrogen (secondary N) is 1. The lowest BCUT2D eigenvalue weighted by atomic mass is 10.0. The minimum atomic E-state index is -0.103. The van der Waals surface area contributed by atoms with Gasteiger partial charge in [0.05, 0.1) is 12.8 Å². The maximum absolute atomic E-state index is 11.7. The van der Waals surface area contributed by atoms with Crippen LogP contribution in [0.4, 0.5) is 5.69 Å². The van der Waals surface area contributed by atoms with Gasteiger partial charge >= 0.3 is 0 Å². The highest BCUT2D eigenvalue weighted by atomic mass is 16.5. The molecule has 4 nitrogen and oxygen atoms in total. The van der Waals surface area contributed by atoms with E-state index in [4.69, 9.17) is 9.84 Å². The highest BCUT2D eigenvalue weighted by molar-refractivity contribution is 5.93. The maximum Gasteiger partial charge on any atom is 0.224 e. The van der Waals surface area contributed by atoms with Gasteiger partial charge in [-0.2, -0.15) is 0 Å². The molecular weight excluding hydrogens is 230 g/mol. The minimum absolute atomic E-state index is 0.0243. The summed E-state index contributed by atoms with van der Waals surface area (Å²) in [5.41, 5.74) is 3.87. The summed E-state index contributed by atoms with van der Waals surface area (Å²) < 4.78 is 5.38. The largest absolute Gasteiger partial charge is 0.494 e. The van der Waals surface area contributed by atoms with Crippen molar-refractivity contribution in [3.8, 4) is 5.75 Å². The van der Waals surface area contributed by atoms with Crippen molar-refractivity contribution in [3.63, 3.8) is 0 Å². The number of carbonyl (C=O) groups excluding carboxylic acids is 1. The summed E-state index contributed by atoms with van der Waals surface area (Å²) in [6, 6.07) is 2.03. The predicted molar refractivity (Wildman–Crippen MR) is 72.2 cm³/mol. The number of benzene rings is 1. The summed E-state index contributed by atoms with van der Waals surface area (Å²) >= 11 is 0. The molecule has 1 aromatic carbocycles. The first-order valence-corrected chi connectivity index (χ1v) is 6.06. The van der Waals surface area contributed by atoms with E-state index in [2.05, 4.69) is 5.32 Å². The molecule has 0 atom stereocenters. The molecule has 0 unspecified atom stereocenters. The first-order chi connectivity index (χ1) is 8.51. The van der Waals surface area contributed by atoms with Crippen molar-refractivity contribution >= 4 is 11.6 Å². The smallest absolute Gasteiger partial charge is 0.224 e. The number of hydrogen-bond acceptors (Lipinski definition) is 3. The maximum atomic E-state index is 11.7. The summed E-state index contributed by atoms with van der Waals surface area (Å²) in [5, 5.41) is 11.6. The van der Waals surface area contributed by atoms with E-state index in [1.54, 1.807) is 7.11 Å². The Hall–Kier alpha value is -1.55. The molecule has 0 aromatic heterocycles. The van der Waals surface area contributed by atoms with Crippen molar-refractivity contribution in [3.05, 3.63) is 22.8 Å². The second kappa shape index (κ2) is 6.40. The average molecular weight is 251 g/mol. The SMILES string of the molecule is COc1c(C)c(C)cc(C)c1NC(=O)CCCO. The summed E-state index contributed by atoms with van der Waals surface area (Å²) in [6.07, 6.45) is 0.782. The molecule has 2 N–H and O–H groups in total. The Bertz CT molecular complexity index is 441. The van der Waals surface area contributed by atoms with Gasteiger partial charge in [0.1, 0.15) is 5.75 Å². The number of rotatable bonds is 5. The fourth-order valence-corrected chi connectivity index (χ4v) is 1.90. The fourth-order valence-electron chi connectivity index (χ4n) is 1.90. The molecule has 4 heteroatoms. The van der Waals surface area contributed by atoms with Crippen LogP contribution in [0.1, 0.15) is 29.5 Å². The molecule has 0 aliphatic heterocycles. The van der Waals surface area contributed by atoms with Crippen LogP contribution in [0.3, 0.4) is 0 Å². The van der Waals surface area contributed by atoms with E-state index < -0.39 is 0 Å². The van der Waals surface area contributed by atoms with Gasteiger partial charge in [-0.25, -0.2) is 0 Å². The van der Waals surface area contributed by atoms with Gasteiger partial charge in [-0.1, -0.05) is 6.07 Å². The first-order valence-electron chi connectivity index (χ1n) is 6.06. The van der Waals surface area contributed by atoms with Crippen LogP contribution in [-0.2, 0) is 4.79 Å². The number of aliphatic hydroxyl groups excluding tert-OH is 1.